The highest BCUT2D eigenvalue weighted by Crippen LogP contribution is 2.38. The Hall–Kier alpha value is -4.15. The van der Waals surface area contributed by atoms with Crippen molar-refractivity contribution in [3.05, 3.63) is 84.2 Å². The Bertz CT molecular complexity index is 1440. The van der Waals surface area contributed by atoms with Gasteiger partial charge in [-0.25, -0.2) is 19.3 Å². The lowest BCUT2D eigenvalue weighted by molar-refractivity contribution is 0.102. The molecule has 0 aliphatic carbocycles. The van der Waals surface area contributed by atoms with Crippen molar-refractivity contribution in [1.29, 1.82) is 0 Å². The zero-order chi connectivity index (χ0) is 24.2. The zero-order valence-electron chi connectivity index (χ0n) is 19.3. The van der Waals surface area contributed by atoms with Crippen LogP contribution in [0.4, 0.5) is 10.2 Å². The van der Waals surface area contributed by atoms with E-state index in [1.54, 1.807) is 49.1 Å². The Balaban J connectivity index is 1.51. The van der Waals surface area contributed by atoms with Crippen molar-refractivity contribution in [3.63, 3.8) is 0 Å². The summed E-state index contributed by atoms with van der Waals surface area (Å²) in [6, 6.07) is 13.8. The number of carbonyl (C=O) groups is 1. The van der Waals surface area contributed by atoms with Crippen LogP contribution in [0.1, 0.15) is 41.7 Å². The monoisotopic (exact) mass is 465 g/mol. The summed E-state index contributed by atoms with van der Waals surface area (Å²) in [4.78, 5) is 27.7. The van der Waals surface area contributed by atoms with Gasteiger partial charge in [0, 0.05) is 34.9 Å². The maximum atomic E-state index is 15.3. The number of amides is 1. The first-order valence-corrected chi connectivity index (χ1v) is 11.5. The molecule has 2 aromatic heterocycles. The van der Waals surface area contributed by atoms with Crippen LogP contribution in [0.25, 0.3) is 22.0 Å². The van der Waals surface area contributed by atoms with Gasteiger partial charge in [0.05, 0.1) is 12.1 Å². The van der Waals surface area contributed by atoms with E-state index >= 15 is 4.39 Å². The number of hydrogen-bond acceptors (Lipinski definition) is 5. The van der Waals surface area contributed by atoms with Crippen LogP contribution in [-0.4, -0.2) is 38.8 Å². The molecular formula is C28H24FN5O. The predicted octanol–water partition coefficient (Wildman–Crippen LogP) is 5.24. The van der Waals surface area contributed by atoms with Crippen LogP contribution in [-0.2, 0) is 0 Å². The normalized spacial score (nSPS) is 15.5. The van der Waals surface area contributed by atoms with E-state index < -0.39 is 11.7 Å². The van der Waals surface area contributed by atoms with Gasteiger partial charge in [0.15, 0.2) is 0 Å². The molecule has 4 aromatic rings. The molecule has 1 unspecified atom stereocenters. The van der Waals surface area contributed by atoms with E-state index in [2.05, 4.69) is 37.0 Å². The Morgan fingerprint density at radius 2 is 2.11 bits per heavy atom. The summed E-state index contributed by atoms with van der Waals surface area (Å²) in [5, 5.41) is 3.54. The fraction of sp³-hybridized carbons (Fsp3) is 0.214. The number of anilines is 1. The maximum Gasteiger partial charge on any atom is 0.256 e. The van der Waals surface area contributed by atoms with E-state index in [-0.39, 0.29) is 11.6 Å². The lowest BCUT2D eigenvalue weighted by Gasteiger charge is -2.24. The van der Waals surface area contributed by atoms with Crippen LogP contribution < -0.4 is 5.32 Å². The van der Waals surface area contributed by atoms with E-state index in [9.17, 15) is 4.79 Å². The molecule has 7 heteroatoms. The standard InChI is InChI=1S/C28H24FN5O/c1-2-3-12-34-13-6-7-25(34)23-15-20(14-21-17-30-18-32-27(21)23)22-10-9-19(16-24(22)29)28(35)33-26-8-4-5-11-31-26/h4-5,8-11,14-18,25H,6-7,12-13H2,1H3,(H,31,33,35). The highest BCUT2D eigenvalue weighted by Gasteiger charge is 2.28. The molecule has 1 fully saturated rings. The second kappa shape index (κ2) is 10.00. The van der Waals surface area contributed by atoms with Crippen molar-refractivity contribution in [1.82, 2.24) is 19.9 Å². The minimum absolute atomic E-state index is 0.152. The first kappa shape index (κ1) is 22.6. The third kappa shape index (κ3) is 4.75. The second-order valence-electron chi connectivity index (χ2n) is 8.45. The van der Waals surface area contributed by atoms with Crippen molar-refractivity contribution in [3.8, 4) is 23.0 Å². The molecule has 1 amide bonds. The fourth-order valence-electron chi connectivity index (χ4n) is 4.61. The van der Waals surface area contributed by atoms with Crippen LogP contribution in [0.2, 0.25) is 0 Å². The van der Waals surface area contributed by atoms with E-state index in [0.717, 1.165) is 41.4 Å². The molecule has 1 aliphatic heterocycles. The summed E-state index contributed by atoms with van der Waals surface area (Å²) in [7, 11) is 0. The number of halogens is 1. The minimum atomic E-state index is -0.471. The van der Waals surface area contributed by atoms with Gasteiger partial charge >= 0.3 is 0 Å². The number of pyridine rings is 1. The molecule has 5 rings (SSSR count). The number of hydrogen-bond donors (Lipinski definition) is 1. The quantitative estimate of drug-likeness (QED) is 0.408. The van der Waals surface area contributed by atoms with Crippen LogP contribution in [0.3, 0.4) is 0 Å². The Morgan fingerprint density at radius 3 is 2.91 bits per heavy atom. The summed E-state index contributed by atoms with van der Waals surface area (Å²) in [6.07, 6.45) is 6.95. The van der Waals surface area contributed by atoms with Crippen molar-refractivity contribution in [2.45, 2.75) is 25.8 Å². The summed E-state index contributed by atoms with van der Waals surface area (Å²) in [6.45, 7) is 3.49. The molecule has 1 N–H and O–H groups in total. The average Bonchev–Trinajstić information content (AvgIpc) is 3.35. The first-order valence-electron chi connectivity index (χ1n) is 11.5. The number of rotatable bonds is 5. The number of likely N-dealkylation sites (tertiary alicyclic amines) is 1. The maximum absolute atomic E-state index is 15.3. The first-order chi connectivity index (χ1) is 17.1. The molecule has 35 heavy (non-hydrogen) atoms. The van der Waals surface area contributed by atoms with Gasteiger partial charge in [0.1, 0.15) is 18.0 Å². The minimum Gasteiger partial charge on any atom is -0.307 e. The van der Waals surface area contributed by atoms with Crippen molar-refractivity contribution in [2.24, 2.45) is 0 Å². The van der Waals surface area contributed by atoms with Crippen molar-refractivity contribution >= 4 is 22.6 Å². The highest BCUT2D eigenvalue weighted by atomic mass is 19.1. The second-order valence-corrected chi connectivity index (χ2v) is 8.45. The molecule has 174 valence electrons. The van der Waals surface area contributed by atoms with Gasteiger partial charge in [0.2, 0.25) is 0 Å². The Kier molecular flexibility index (Phi) is 6.47. The molecule has 0 spiro atoms. The summed E-state index contributed by atoms with van der Waals surface area (Å²) >= 11 is 0. The van der Waals surface area contributed by atoms with Crippen molar-refractivity contribution in [2.75, 3.05) is 18.4 Å². The summed E-state index contributed by atoms with van der Waals surface area (Å²) in [5.41, 5.74) is 3.29. The third-order valence-electron chi connectivity index (χ3n) is 6.27. The smallest absolute Gasteiger partial charge is 0.256 e. The Labute approximate surface area is 203 Å². The number of aromatic nitrogens is 3. The number of nitrogens with zero attached hydrogens (tertiary/aromatic N) is 4. The third-order valence-corrected chi connectivity index (χ3v) is 6.27. The Morgan fingerprint density at radius 1 is 1.20 bits per heavy atom. The number of carbonyl (C=O) groups excluding carboxylic acids is 1. The molecule has 0 saturated carbocycles. The average molecular weight is 466 g/mol. The molecule has 2 aromatic carbocycles. The molecule has 0 radical (unpaired) electrons. The highest BCUT2D eigenvalue weighted by molar-refractivity contribution is 6.04. The van der Waals surface area contributed by atoms with Gasteiger partial charge in [-0.2, -0.15) is 0 Å². The molecule has 1 saturated heterocycles. The number of nitrogens with one attached hydrogen (secondary N) is 1. The van der Waals surface area contributed by atoms with Gasteiger partial charge in [-0.15, -0.1) is 5.92 Å². The van der Waals surface area contributed by atoms with Crippen LogP contribution >= 0.6 is 0 Å². The summed E-state index contributed by atoms with van der Waals surface area (Å²) < 4.78 is 15.3. The van der Waals surface area contributed by atoms with E-state index in [4.69, 9.17) is 0 Å². The molecule has 0 bridgehead atoms. The van der Waals surface area contributed by atoms with Gasteiger partial charge in [-0.1, -0.05) is 18.1 Å². The molecular weight excluding hydrogens is 441 g/mol. The largest absolute Gasteiger partial charge is 0.307 e. The zero-order valence-corrected chi connectivity index (χ0v) is 19.3. The molecule has 6 nitrogen and oxygen atoms in total. The molecule has 1 aliphatic rings. The van der Waals surface area contributed by atoms with Gasteiger partial charge in [0.25, 0.3) is 5.91 Å². The summed E-state index contributed by atoms with van der Waals surface area (Å²) in [5.74, 6) is 5.67. The number of fused-ring (bicyclic) bond motifs is 1. The lowest BCUT2D eigenvalue weighted by Crippen LogP contribution is -2.24. The van der Waals surface area contributed by atoms with Crippen molar-refractivity contribution < 1.29 is 9.18 Å². The van der Waals surface area contributed by atoms with E-state index in [1.165, 1.54) is 6.07 Å². The SMILES string of the molecule is CC#CCN1CCCC1c1cc(-c2ccc(C(=O)Nc3ccccn3)cc2F)cc2cncnc12. The van der Waals surface area contributed by atoms with Crippen LogP contribution in [0.15, 0.2) is 67.3 Å². The van der Waals surface area contributed by atoms with Crippen LogP contribution in [0.5, 0.6) is 0 Å². The van der Waals surface area contributed by atoms with E-state index in [1.807, 2.05) is 19.1 Å². The topological polar surface area (TPSA) is 71.0 Å². The predicted molar refractivity (Wildman–Crippen MR) is 134 cm³/mol. The van der Waals surface area contributed by atoms with Crippen LogP contribution in [0, 0.1) is 17.7 Å². The lowest BCUT2D eigenvalue weighted by atomic mass is 9.94. The fourth-order valence-corrected chi connectivity index (χ4v) is 4.61. The van der Waals surface area contributed by atoms with E-state index in [0.29, 0.717) is 17.9 Å². The van der Waals surface area contributed by atoms with Gasteiger partial charge in [-0.05, 0) is 73.8 Å². The molecule has 1 atom stereocenters. The van der Waals surface area contributed by atoms with Gasteiger partial charge < -0.3 is 5.32 Å². The number of benzene rings is 2. The van der Waals surface area contributed by atoms with Gasteiger partial charge in [-0.3, -0.25) is 9.69 Å². The molecule has 3 heterocycles.